The normalized spacial score (nSPS) is 14.4. The van der Waals surface area contributed by atoms with Gasteiger partial charge >= 0.3 is 11.9 Å². The zero-order valence-corrected chi connectivity index (χ0v) is 31.2. The fourth-order valence-corrected chi connectivity index (χ4v) is 6.24. The Labute approximate surface area is 299 Å². The zero-order valence-electron chi connectivity index (χ0n) is 30.3. The molecule has 0 aliphatic heterocycles. The Morgan fingerprint density at radius 2 is 1.70 bits per heavy atom. The number of benzene rings is 1. The van der Waals surface area contributed by atoms with Crippen molar-refractivity contribution in [1.82, 2.24) is 20.5 Å². The molecule has 3 amide bonds. The van der Waals surface area contributed by atoms with Gasteiger partial charge in [0.05, 0.1) is 12.5 Å². The van der Waals surface area contributed by atoms with Crippen molar-refractivity contribution in [1.29, 1.82) is 0 Å². The molecule has 50 heavy (non-hydrogen) atoms. The highest BCUT2D eigenvalue weighted by atomic mass is 32.1. The quantitative estimate of drug-likeness (QED) is 0.0731. The van der Waals surface area contributed by atoms with Crippen LogP contribution >= 0.6 is 11.3 Å². The number of ether oxygens (including phenoxy) is 2. The van der Waals surface area contributed by atoms with E-state index in [0.29, 0.717) is 43.2 Å². The smallest absolute Gasteiger partial charge is 0.328 e. The SMILES string of the molecule is CCCOC(CC(C(C)C)N(CCC)C(=O)CNC=O)c1nc(C(=O)NC(Cc2ccc(OC(=O)C(N)C(C)C)cc2)C[C@H](C)C(=O)O)cs1. The summed E-state index contributed by atoms with van der Waals surface area (Å²) >= 11 is 1.29. The number of aliphatic carboxylic acids is 1. The van der Waals surface area contributed by atoms with Crippen LogP contribution in [-0.2, 0) is 30.3 Å². The summed E-state index contributed by atoms with van der Waals surface area (Å²) in [7, 11) is 0. The van der Waals surface area contributed by atoms with E-state index in [4.69, 9.17) is 15.2 Å². The molecule has 0 fully saturated rings. The molecule has 1 aromatic carbocycles. The predicted octanol–water partition coefficient (Wildman–Crippen LogP) is 4.35. The number of aromatic nitrogens is 1. The van der Waals surface area contributed by atoms with Gasteiger partial charge in [-0.15, -0.1) is 11.3 Å². The van der Waals surface area contributed by atoms with Gasteiger partial charge in [-0.05, 0) is 55.2 Å². The van der Waals surface area contributed by atoms with Crippen molar-refractivity contribution < 1.29 is 38.6 Å². The second-order valence-corrected chi connectivity index (χ2v) is 14.1. The molecule has 2 rings (SSSR count). The first-order valence-electron chi connectivity index (χ1n) is 17.3. The molecule has 0 radical (unpaired) electrons. The minimum Gasteiger partial charge on any atom is -0.481 e. The third-order valence-corrected chi connectivity index (χ3v) is 9.25. The van der Waals surface area contributed by atoms with Gasteiger partial charge in [-0.25, -0.2) is 9.78 Å². The van der Waals surface area contributed by atoms with Crippen LogP contribution in [0.25, 0.3) is 0 Å². The first-order chi connectivity index (χ1) is 23.7. The highest BCUT2D eigenvalue weighted by Gasteiger charge is 2.31. The number of hydrogen-bond donors (Lipinski definition) is 4. The van der Waals surface area contributed by atoms with Crippen LogP contribution in [0.2, 0.25) is 0 Å². The van der Waals surface area contributed by atoms with E-state index in [2.05, 4.69) is 15.6 Å². The fourth-order valence-electron chi connectivity index (χ4n) is 5.38. The third kappa shape index (κ3) is 13.4. The van der Waals surface area contributed by atoms with Crippen molar-refractivity contribution in [3.8, 4) is 5.75 Å². The Kier molecular flexibility index (Phi) is 18.1. The van der Waals surface area contributed by atoms with Crippen molar-refractivity contribution in [3.63, 3.8) is 0 Å². The summed E-state index contributed by atoms with van der Waals surface area (Å²) in [5, 5.41) is 17.3. The maximum atomic E-state index is 13.5. The van der Waals surface area contributed by atoms with E-state index < -0.39 is 42.0 Å². The molecule has 13 nitrogen and oxygen atoms in total. The average Bonchev–Trinajstić information content (AvgIpc) is 3.57. The van der Waals surface area contributed by atoms with Gasteiger partial charge in [0.15, 0.2) is 0 Å². The molecular weight excluding hydrogens is 662 g/mol. The number of nitrogens with two attached hydrogens (primary N) is 1. The number of nitrogens with zero attached hydrogens (tertiary/aromatic N) is 2. The van der Waals surface area contributed by atoms with E-state index in [1.54, 1.807) is 41.5 Å². The molecular formula is C36H55N5O8S. The Bertz CT molecular complexity index is 1380. The zero-order chi connectivity index (χ0) is 37.4. The van der Waals surface area contributed by atoms with E-state index in [9.17, 15) is 29.1 Å². The van der Waals surface area contributed by atoms with Gasteiger partial charge in [0.25, 0.3) is 5.91 Å². The molecule has 14 heteroatoms. The monoisotopic (exact) mass is 717 g/mol. The summed E-state index contributed by atoms with van der Waals surface area (Å²) < 4.78 is 11.6. The minimum absolute atomic E-state index is 0.0765. The standard InChI is InChI=1S/C36H55N5O8S/c1-8-14-41(31(43)19-38-21-42)29(22(3)4)18-30(48-15-9-2)34-40-28(20-50-34)33(44)39-26(16-24(7)35(45)46)17-25-10-12-27(13-11-25)49-36(47)32(37)23(5)6/h10-13,20-24,26,29-30,32H,8-9,14-19,37H2,1-7H3,(H,38,42)(H,39,44)(H,45,46)/t24-,26?,29?,30?,32?/m0/s1. The summed E-state index contributed by atoms with van der Waals surface area (Å²) in [5.41, 5.74) is 6.88. The number of thiazole rings is 1. The molecule has 1 aromatic heterocycles. The second kappa shape index (κ2) is 21.4. The van der Waals surface area contributed by atoms with Crippen molar-refractivity contribution in [2.45, 2.75) is 105 Å². The van der Waals surface area contributed by atoms with Crippen LogP contribution in [0.15, 0.2) is 29.6 Å². The van der Waals surface area contributed by atoms with Crippen molar-refractivity contribution in [2.75, 3.05) is 19.7 Å². The molecule has 0 spiro atoms. The predicted molar refractivity (Wildman–Crippen MR) is 192 cm³/mol. The minimum atomic E-state index is -0.975. The second-order valence-electron chi connectivity index (χ2n) is 13.2. The van der Waals surface area contributed by atoms with Gasteiger partial charge < -0.3 is 35.8 Å². The van der Waals surface area contributed by atoms with Crippen LogP contribution < -0.4 is 21.1 Å². The highest BCUT2D eigenvalue weighted by Crippen LogP contribution is 2.31. The third-order valence-electron chi connectivity index (χ3n) is 8.31. The number of carboxylic acids is 1. The van der Waals surface area contributed by atoms with Gasteiger partial charge in [-0.2, -0.15) is 0 Å². The lowest BCUT2D eigenvalue weighted by molar-refractivity contribution is -0.141. The Morgan fingerprint density at radius 3 is 2.26 bits per heavy atom. The average molecular weight is 718 g/mol. The number of esters is 1. The van der Waals surface area contributed by atoms with E-state index in [0.717, 1.165) is 18.4 Å². The summed E-state index contributed by atoms with van der Waals surface area (Å²) in [5.74, 6) is -2.52. The molecule has 0 saturated heterocycles. The molecule has 0 aliphatic rings. The number of amides is 3. The Hall–Kier alpha value is -3.88. The van der Waals surface area contributed by atoms with Crippen LogP contribution in [0.4, 0.5) is 0 Å². The molecule has 0 saturated carbocycles. The van der Waals surface area contributed by atoms with E-state index >= 15 is 0 Å². The number of carboxylic acid groups (broad SMARTS) is 1. The molecule has 5 atom stereocenters. The van der Waals surface area contributed by atoms with Gasteiger partial charge in [0.1, 0.15) is 28.6 Å². The lowest BCUT2D eigenvalue weighted by Gasteiger charge is -2.36. The van der Waals surface area contributed by atoms with Gasteiger partial charge in [-0.3, -0.25) is 19.2 Å². The molecule has 278 valence electrons. The summed E-state index contributed by atoms with van der Waals surface area (Å²) in [6, 6.07) is 5.31. The van der Waals surface area contributed by atoms with Crippen molar-refractivity contribution in [3.05, 3.63) is 45.9 Å². The summed E-state index contributed by atoms with van der Waals surface area (Å²) in [4.78, 5) is 67.9. The lowest BCUT2D eigenvalue weighted by atomic mass is 9.95. The molecule has 1 heterocycles. The Morgan fingerprint density at radius 1 is 1.02 bits per heavy atom. The van der Waals surface area contributed by atoms with Gasteiger partial charge in [-0.1, -0.05) is 60.6 Å². The lowest BCUT2D eigenvalue weighted by Crippen LogP contribution is -2.48. The maximum absolute atomic E-state index is 13.5. The number of rotatable bonds is 23. The summed E-state index contributed by atoms with van der Waals surface area (Å²) in [6.07, 6.45) is 2.49. The maximum Gasteiger partial charge on any atom is 0.328 e. The van der Waals surface area contributed by atoms with Gasteiger partial charge in [0.2, 0.25) is 12.3 Å². The molecule has 2 aromatic rings. The number of nitrogens with one attached hydrogen (secondary N) is 2. The highest BCUT2D eigenvalue weighted by molar-refractivity contribution is 7.09. The van der Waals surface area contributed by atoms with Gasteiger partial charge in [0, 0.05) is 37.0 Å². The number of carbonyl (C=O) groups is 5. The summed E-state index contributed by atoms with van der Waals surface area (Å²) in [6.45, 7) is 14.2. The van der Waals surface area contributed by atoms with Crippen LogP contribution in [0.1, 0.15) is 101 Å². The topological polar surface area (TPSA) is 190 Å². The molecule has 5 N–H and O–H groups in total. The molecule has 0 bridgehead atoms. The molecule has 0 aliphatic carbocycles. The largest absolute Gasteiger partial charge is 0.481 e. The van der Waals surface area contributed by atoms with Crippen LogP contribution in [-0.4, -0.2) is 83.0 Å². The first kappa shape index (κ1) is 42.3. The van der Waals surface area contributed by atoms with Crippen LogP contribution in [0.5, 0.6) is 5.75 Å². The van der Waals surface area contributed by atoms with Crippen LogP contribution in [0.3, 0.4) is 0 Å². The number of carbonyl (C=O) groups excluding carboxylic acids is 4. The molecule has 4 unspecified atom stereocenters. The van der Waals surface area contributed by atoms with E-state index in [1.165, 1.54) is 11.3 Å². The number of hydrogen-bond acceptors (Lipinski definition) is 10. The Balaban J connectivity index is 2.27. The first-order valence-corrected chi connectivity index (χ1v) is 18.2. The van der Waals surface area contributed by atoms with Crippen LogP contribution in [0, 0.1) is 17.8 Å². The van der Waals surface area contributed by atoms with E-state index in [-0.39, 0.29) is 42.4 Å². The van der Waals surface area contributed by atoms with Crippen molar-refractivity contribution in [2.24, 2.45) is 23.5 Å². The van der Waals surface area contributed by atoms with E-state index in [1.807, 2.05) is 41.5 Å². The fraction of sp³-hybridized carbons (Fsp3) is 0.611. The van der Waals surface area contributed by atoms with Crippen molar-refractivity contribution >= 4 is 41.5 Å².